The van der Waals surface area contributed by atoms with Gasteiger partial charge in [-0.2, -0.15) is 0 Å². The van der Waals surface area contributed by atoms with E-state index in [1.165, 1.54) is 0 Å². The maximum atomic E-state index is 6.16. The van der Waals surface area contributed by atoms with Gasteiger partial charge in [-0.1, -0.05) is 18.2 Å². The molecule has 1 aromatic rings. The third-order valence-electron chi connectivity index (χ3n) is 1.97. The summed E-state index contributed by atoms with van der Waals surface area (Å²) in [5.74, 6) is 0. The highest BCUT2D eigenvalue weighted by molar-refractivity contribution is 6.69. The Morgan fingerprint density at radius 3 is 1.88 bits per heavy atom. The molecule has 0 aliphatic heterocycles. The fourth-order valence-corrected chi connectivity index (χ4v) is 2.34. The highest BCUT2D eigenvalue weighted by Crippen LogP contribution is 2.26. The van der Waals surface area contributed by atoms with Crippen molar-refractivity contribution in [3.8, 4) is 0 Å². The maximum Gasteiger partial charge on any atom is 0.220 e. The summed E-state index contributed by atoms with van der Waals surface area (Å²) in [5, 5.41) is 2.04. The topological polar surface area (TPSA) is 12.5 Å². The monoisotopic (exact) mass is 237 g/mol. The van der Waals surface area contributed by atoms with E-state index in [0.29, 0.717) is 0 Å². The summed E-state index contributed by atoms with van der Waals surface area (Å²) in [6.45, 7) is 13.1. The SMILES string of the molecule is CC(C)(C)N(O[Si](C)(C)C)c1ccccc1. The molecule has 1 rings (SSSR count). The highest BCUT2D eigenvalue weighted by atomic mass is 28.4. The van der Waals surface area contributed by atoms with E-state index < -0.39 is 8.32 Å². The lowest BCUT2D eigenvalue weighted by atomic mass is 10.1. The number of rotatable bonds is 3. The number of hydrogen-bond donors (Lipinski definition) is 0. The zero-order valence-corrected chi connectivity index (χ0v) is 12.2. The third-order valence-corrected chi connectivity index (χ3v) is 2.70. The quantitative estimate of drug-likeness (QED) is 0.580. The predicted molar refractivity (Wildman–Crippen MR) is 73.1 cm³/mol. The van der Waals surface area contributed by atoms with Crippen LogP contribution in [0.2, 0.25) is 19.6 Å². The molecule has 0 unspecified atom stereocenters. The molecule has 0 radical (unpaired) electrons. The summed E-state index contributed by atoms with van der Waals surface area (Å²) < 4.78 is 6.16. The summed E-state index contributed by atoms with van der Waals surface area (Å²) >= 11 is 0. The van der Waals surface area contributed by atoms with Gasteiger partial charge in [-0.15, -0.1) is 0 Å². The lowest BCUT2D eigenvalue weighted by Gasteiger charge is -2.40. The van der Waals surface area contributed by atoms with Crippen molar-refractivity contribution in [2.75, 3.05) is 5.06 Å². The molecule has 0 aliphatic rings. The van der Waals surface area contributed by atoms with Gasteiger partial charge in [-0.05, 0) is 52.5 Å². The fraction of sp³-hybridized carbons (Fsp3) is 0.538. The number of hydroxylamine groups is 1. The number of nitrogens with zero attached hydrogens (tertiary/aromatic N) is 1. The van der Waals surface area contributed by atoms with Gasteiger partial charge in [0, 0.05) is 0 Å². The second-order valence-corrected chi connectivity index (χ2v) is 10.4. The Morgan fingerprint density at radius 2 is 1.50 bits per heavy atom. The van der Waals surface area contributed by atoms with Gasteiger partial charge in [0.2, 0.25) is 8.32 Å². The molecule has 90 valence electrons. The number of benzene rings is 1. The van der Waals surface area contributed by atoms with Crippen LogP contribution in [0.25, 0.3) is 0 Å². The largest absolute Gasteiger partial charge is 0.320 e. The van der Waals surface area contributed by atoms with Gasteiger partial charge in [-0.3, -0.25) is 5.06 Å². The fourth-order valence-electron chi connectivity index (χ4n) is 1.41. The van der Waals surface area contributed by atoms with E-state index in [1.807, 2.05) is 23.3 Å². The van der Waals surface area contributed by atoms with Gasteiger partial charge in [0.1, 0.15) is 0 Å². The van der Waals surface area contributed by atoms with Gasteiger partial charge >= 0.3 is 0 Å². The van der Waals surface area contributed by atoms with E-state index >= 15 is 0 Å². The standard InChI is InChI=1S/C13H23NOSi/c1-13(2,3)14(15-16(4,5)6)12-10-8-7-9-11-12/h7-11H,1-6H3. The van der Waals surface area contributed by atoms with E-state index in [1.54, 1.807) is 0 Å². The van der Waals surface area contributed by atoms with Crippen LogP contribution in [0.1, 0.15) is 20.8 Å². The Bertz CT molecular complexity index is 324. The minimum Gasteiger partial charge on any atom is -0.320 e. The van der Waals surface area contributed by atoms with Crippen LogP contribution in [0, 0.1) is 0 Å². The lowest BCUT2D eigenvalue weighted by Crippen LogP contribution is -2.48. The summed E-state index contributed by atoms with van der Waals surface area (Å²) in [5.41, 5.74) is 1.10. The normalized spacial score (nSPS) is 12.6. The van der Waals surface area contributed by atoms with Crippen molar-refractivity contribution < 1.29 is 4.53 Å². The van der Waals surface area contributed by atoms with Crippen LogP contribution >= 0.6 is 0 Å². The zero-order valence-electron chi connectivity index (χ0n) is 11.2. The van der Waals surface area contributed by atoms with E-state index in [0.717, 1.165) is 5.69 Å². The molecule has 0 N–H and O–H groups in total. The second-order valence-electron chi connectivity index (χ2n) is 6.00. The molecular formula is C13H23NOSi. The van der Waals surface area contributed by atoms with Gasteiger partial charge in [0.15, 0.2) is 0 Å². The number of anilines is 1. The second kappa shape index (κ2) is 4.59. The molecule has 0 bridgehead atoms. The molecule has 0 spiro atoms. The average molecular weight is 237 g/mol. The first-order valence-electron chi connectivity index (χ1n) is 5.74. The van der Waals surface area contributed by atoms with Crippen LogP contribution in [-0.4, -0.2) is 13.9 Å². The first kappa shape index (κ1) is 13.3. The average Bonchev–Trinajstić information content (AvgIpc) is 2.13. The summed E-state index contributed by atoms with van der Waals surface area (Å²) in [4.78, 5) is 0. The van der Waals surface area contributed by atoms with Crippen LogP contribution in [0.3, 0.4) is 0 Å². The van der Waals surface area contributed by atoms with Gasteiger partial charge < -0.3 is 4.53 Å². The molecule has 0 aliphatic carbocycles. The molecule has 0 saturated heterocycles. The predicted octanol–water partition coefficient (Wildman–Crippen LogP) is 4.06. The highest BCUT2D eigenvalue weighted by Gasteiger charge is 2.28. The zero-order chi connectivity index (χ0) is 12.4. The molecule has 0 heterocycles. The Hall–Kier alpha value is -0.803. The molecule has 1 aromatic carbocycles. The Balaban J connectivity index is 2.98. The summed E-state index contributed by atoms with van der Waals surface area (Å²) in [6.07, 6.45) is 0. The number of para-hydroxylation sites is 1. The maximum absolute atomic E-state index is 6.16. The van der Waals surface area contributed by atoms with Gasteiger partial charge in [0.25, 0.3) is 0 Å². The van der Waals surface area contributed by atoms with E-state index in [2.05, 4.69) is 52.5 Å². The van der Waals surface area contributed by atoms with Crippen LogP contribution in [0.4, 0.5) is 5.69 Å². The molecule has 16 heavy (non-hydrogen) atoms. The van der Waals surface area contributed by atoms with Crippen molar-refractivity contribution >= 4 is 14.0 Å². The van der Waals surface area contributed by atoms with Gasteiger partial charge in [-0.25, -0.2) is 0 Å². The molecule has 0 saturated carbocycles. The summed E-state index contributed by atoms with van der Waals surface area (Å²) in [7, 11) is -1.59. The van der Waals surface area contributed by atoms with Crippen LogP contribution < -0.4 is 5.06 Å². The van der Waals surface area contributed by atoms with Crippen LogP contribution in [0.5, 0.6) is 0 Å². The van der Waals surface area contributed by atoms with E-state index in [9.17, 15) is 0 Å². The Labute approximate surface area is 100 Å². The molecule has 3 heteroatoms. The van der Waals surface area contributed by atoms with Crippen molar-refractivity contribution in [2.45, 2.75) is 46.0 Å². The molecular weight excluding hydrogens is 214 g/mol. The Kier molecular flexibility index (Phi) is 3.81. The minimum atomic E-state index is -1.59. The van der Waals surface area contributed by atoms with E-state index in [4.69, 9.17) is 4.53 Å². The van der Waals surface area contributed by atoms with Crippen molar-refractivity contribution in [3.05, 3.63) is 30.3 Å². The van der Waals surface area contributed by atoms with Gasteiger partial charge in [0.05, 0.1) is 11.2 Å². The minimum absolute atomic E-state index is 0.0262. The molecule has 0 amide bonds. The molecule has 0 fully saturated rings. The Morgan fingerprint density at radius 1 is 1.00 bits per heavy atom. The molecule has 0 atom stereocenters. The first-order chi connectivity index (χ1) is 7.20. The lowest BCUT2D eigenvalue weighted by molar-refractivity contribution is 0.198. The van der Waals surface area contributed by atoms with Crippen molar-refractivity contribution in [1.82, 2.24) is 0 Å². The smallest absolute Gasteiger partial charge is 0.220 e. The van der Waals surface area contributed by atoms with Crippen LogP contribution in [-0.2, 0) is 4.53 Å². The van der Waals surface area contributed by atoms with Crippen molar-refractivity contribution in [1.29, 1.82) is 0 Å². The molecule has 0 aromatic heterocycles. The number of hydrogen-bond acceptors (Lipinski definition) is 2. The van der Waals surface area contributed by atoms with E-state index in [-0.39, 0.29) is 5.54 Å². The summed E-state index contributed by atoms with van der Waals surface area (Å²) in [6, 6.07) is 10.3. The third kappa shape index (κ3) is 3.98. The first-order valence-corrected chi connectivity index (χ1v) is 9.15. The van der Waals surface area contributed by atoms with Crippen molar-refractivity contribution in [2.24, 2.45) is 0 Å². The van der Waals surface area contributed by atoms with Crippen LogP contribution in [0.15, 0.2) is 30.3 Å². The van der Waals surface area contributed by atoms with Crippen molar-refractivity contribution in [3.63, 3.8) is 0 Å². The molecule has 2 nitrogen and oxygen atoms in total.